The van der Waals surface area contributed by atoms with E-state index in [-0.39, 0.29) is 22.9 Å². The van der Waals surface area contributed by atoms with Crippen LogP contribution in [-0.2, 0) is 4.74 Å². The Kier molecular flexibility index (Phi) is 4.59. The number of fused-ring (bicyclic) bond motifs is 2. The highest BCUT2D eigenvalue weighted by Crippen LogP contribution is 2.67. The summed E-state index contributed by atoms with van der Waals surface area (Å²) in [4.78, 5) is 6.11. The molecule has 1 aromatic carbocycles. The Bertz CT molecular complexity index is 1380. The van der Waals surface area contributed by atoms with Gasteiger partial charge in [0.1, 0.15) is 6.10 Å². The van der Waals surface area contributed by atoms with Crippen molar-refractivity contribution in [2.45, 2.75) is 68.5 Å². The number of aromatic nitrogens is 1. The molecule has 188 valence electrons. The van der Waals surface area contributed by atoms with E-state index >= 15 is 0 Å². The third-order valence-electron chi connectivity index (χ3n) is 10.1. The molecule has 3 N–H and O–H groups in total. The number of pyridine rings is 1. The van der Waals surface area contributed by atoms with Gasteiger partial charge in [-0.25, -0.2) is 4.98 Å². The maximum absolute atomic E-state index is 11.1. The molecule has 5 aliphatic rings. The van der Waals surface area contributed by atoms with E-state index in [2.05, 4.69) is 48.3 Å². The molecule has 0 amide bonds. The molecule has 2 fully saturated rings. The minimum Gasteiger partial charge on any atom is -0.493 e. The van der Waals surface area contributed by atoms with Crippen LogP contribution in [0.3, 0.4) is 0 Å². The summed E-state index contributed by atoms with van der Waals surface area (Å²) < 4.78 is 7.22. The van der Waals surface area contributed by atoms with Crippen LogP contribution in [-0.4, -0.2) is 68.8 Å². The predicted molar refractivity (Wildman–Crippen MR) is 138 cm³/mol. The Balaban J connectivity index is 1.29. The third-order valence-corrected chi connectivity index (χ3v) is 10.1. The molecular formula is C30H34N2O4. The van der Waals surface area contributed by atoms with Crippen molar-refractivity contribution in [1.29, 1.82) is 0 Å². The first-order valence-electron chi connectivity index (χ1n) is 13.1. The normalized spacial score (nSPS) is 40.9. The van der Waals surface area contributed by atoms with Crippen molar-refractivity contribution < 1.29 is 20.1 Å². The smallest absolute Gasteiger partial charge is 0.211 e. The molecule has 2 bridgehead atoms. The molecule has 6 nitrogen and oxygen atoms in total. The second kappa shape index (κ2) is 7.29. The maximum atomic E-state index is 11.1. The van der Waals surface area contributed by atoms with Gasteiger partial charge in [-0.05, 0) is 79.9 Å². The highest BCUT2D eigenvalue weighted by Gasteiger charge is 2.67. The van der Waals surface area contributed by atoms with Crippen LogP contribution >= 0.6 is 0 Å². The fraction of sp³-hybridized carbons (Fsp3) is 0.500. The number of hydrogen-bond donors (Lipinski definition) is 3. The van der Waals surface area contributed by atoms with Gasteiger partial charge in [0.15, 0.2) is 0 Å². The lowest BCUT2D eigenvalue weighted by Crippen LogP contribution is -2.61. The lowest BCUT2D eigenvalue weighted by atomic mass is 9.58. The van der Waals surface area contributed by atoms with E-state index in [1.807, 2.05) is 19.0 Å². The summed E-state index contributed by atoms with van der Waals surface area (Å²) in [6.07, 6.45) is 11.3. The Hall–Kier alpha value is -2.51. The van der Waals surface area contributed by atoms with Gasteiger partial charge >= 0.3 is 0 Å². The third kappa shape index (κ3) is 2.79. The standard InChI is InChI=1S/C30H34N2O4/c1-28-9-8-20-14-22-26(34)27(35)23(32(2)3)15-29(22)10-11-30(20,36-29)24(28)7-6-21(28)18-5-4-17-13-25(33)31-16-19(17)12-18/h4-6,8,12-14,16,23-24,26-27,34-35H,7,9-11,15H2,1-3H3,(H,31,33)/t23-,24?,26+,27+,28+,29+,30+/m0/s1. The quantitative estimate of drug-likeness (QED) is 0.596. The van der Waals surface area contributed by atoms with E-state index in [1.54, 1.807) is 12.3 Å². The van der Waals surface area contributed by atoms with E-state index in [0.717, 1.165) is 42.0 Å². The molecule has 0 radical (unpaired) electrons. The molecule has 7 atom stereocenters. The number of rotatable bonds is 2. The number of aliphatic hydroxyl groups is 2. The zero-order chi connectivity index (χ0) is 25.0. The number of allylic oxidation sites excluding steroid dienone is 3. The molecule has 1 saturated heterocycles. The molecular weight excluding hydrogens is 452 g/mol. The van der Waals surface area contributed by atoms with Gasteiger partial charge < -0.3 is 25.0 Å². The zero-order valence-electron chi connectivity index (χ0n) is 21.1. The molecule has 2 spiro atoms. The van der Waals surface area contributed by atoms with Gasteiger partial charge in [0.25, 0.3) is 0 Å². The fourth-order valence-corrected chi connectivity index (χ4v) is 8.24. The Morgan fingerprint density at radius 1 is 1.08 bits per heavy atom. The van der Waals surface area contributed by atoms with Gasteiger partial charge in [-0.2, -0.15) is 0 Å². The average Bonchev–Trinajstić information content (AvgIpc) is 3.37. The number of aromatic hydroxyl groups is 1. The van der Waals surface area contributed by atoms with E-state index in [9.17, 15) is 15.3 Å². The first-order valence-corrected chi connectivity index (χ1v) is 13.1. The molecule has 2 aliphatic heterocycles. The number of ether oxygens (including phenoxy) is 1. The maximum Gasteiger partial charge on any atom is 0.211 e. The van der Waals surface area contributed by atoms with Crippen LogP contribution < -0.4 is 0 Å². The summed E-state index contributed by atoms with van der Waals surface area (Å²) in [7, 11) is 3.94. The molecule has 1 unspecified atom stereocenters. The van der Waals surface area contributed by atoms with Gasteiger partial charge in [-0.1, -0.05) is 37.3 Å². The summed E-state index contributed by atoms with van der Waals surface area (Å²) in [5, 5.41) is 33.8. The van der Waals surface area contributed by atoms with E-state index < -0.39 is 17.8 Å². The molecule has 3 aliphatic carbocycles. The lowest BCUT2D eigenvalue weighted by molar-refractivity contribution is -0.161. The summed E-state index contributed by atoms with van der Waals surface area (Å²) in [5.41, 5.74) is 3.68. The van der Waals surface area contributed by atoms with Crippen molar-refractivity contribution in [3.63, 3.8) is 0 Å². The first-order chi connectivity index (χ1) is 17.2. The highest BCUT2D eigenvalue weighted by atomic mass is 16.5. The van der Waals surface area contributed by atoms with Crippen molar-refractivity contribution in [1.82, 2.24) is 9.88 Å². The Morgan fingerprint density at radius 2 is 1.92 bits per heavy atom. The lowest BCUT2D eigenvalue weighted by Gasteiger charge is -2.55. The fourth-order valence-electron chi connectivity index (χ4n) is 8.24. The van der Waals surface area contributed by atoms with Crippen LogP contribution in [0.5, 0.6) is 5.88 Å². The summed E-state index contributed by atoms with van der Waals surface area (Å²) in [5.74, 6) is 0.355. The predicted octanol–water partition coefficient (Wildman–Crippen LogP) is 3.96. The monoisotopic (exact) mass is 486 g/mol. The molecule has 6 heteroatoms. The summed E-state index contributed by atoms with van der Waals surface area (Å²) >= 11 is 0. The van der Waals surface area contributed by atoms with E-state index in [1.165, 1.54) is 16.7 Å². The van der Waals surface area contributed by atoms with E-state index in [4.69, 9.17) is 4.74 Å². The number of likely N-dealkylation sites (N-methyl/N-ethyl adjacent to an activating group) is 1. The first kappa shape index (κ1) is 22.7. The summed E-state index contributed by atoms with van der Waals surface area (Å²) in [6, 6.07) is 7.98. The van der Waals surface area contributed by atoms with Crippen LogP contribution in [0.4, 0.5) is 0 Å². The van der Waals surface area contributed by atoms with Crippen LogP contribution in [0, 0.1) is 11.3 Å². The average molecular weight is 487 g/mol. The minimum absolute atomic E-state index is 0.0419. The van der Waals surface area contributed by atoms with Crippen molar-refractivity contribution in [2.75, 3.05) is 14.1 Å². The molecule has 1 saturated carbocycles. The number of aliphatic hydroxyl groups excluding tert-OH is 2. The van der Waals surface area contributed by atoms with Crippen molar-refractivity contribution in [2.24, 2.45) is 11.3 Å². The van der Waals surface area contributed by atoms with Gasteiger partial charge in [0.05, 0.1) is 17.3 Å². The molecule has 3 heterocycles. The van der Waals surface area contributed by atoms with Crippen LogP contribution in [0.15, 0.2) is 59.8 Å². The zero-order valence-corrected chi connectivity index (χ0v) is 21.1. The second-order valence-electron chi connectivity index (χ2n) is 12.0. The van der Waals surface area contributed by atoms with Crippen LogP contribution in [0.2, 0.25) is 0 Å². The minimum atomic E-state index is -0.903. The van der Waals surface area contributed by atoms with E-state index in [0.29, 0.717) is 12.3 Å². The van der Waals surface area contributed by atoms with Crippen LogP contribution in [0.25, 0.3) is 16.3 Å². The molecule has 2 aromatic rings. The molecule has 7 rings (SSSR count). The summed E-state index contributed by atoms with van der Waals surface area (Å²) in [6.45, 7) is 2.38. The molecule has 36 heavy (non-hydrogen) atoms. The van der Waals surface area contributed by atoms with Gasteiger partial charge in [-0.3, -0.25) is 0 Å². The Labute approximate surface area is 211 Å². The van der Waals surface area contributed by atoms with Gasteiger partial charge in [0.2, 0.25) is 5.88 Å². The van der Waals surface area contributed by atoms with Crippen molar-refractivity contribution in [3.8, 4) is 5.88 Å². The van der Waals surface area contributed by atoms with Crippen molar-refractivity contribution in [3.05, 3.63) is 65.4 Å². The Morgan fingerprint density at radius 3 is 2.72 bits per heavy atom. The second-order valence-corrected chi connectivity index (χ2v) is 12.0. The molecule has 1 aromatic heterocycles. The van der Waals surface area contributed by atoms with Crippen molar-refractivity contribution >= 4 is 16.3 Å². The largest absolute Gasteiger partial charge is 0.493 e. The number of hydrogen-bond acceptors (Lipinski definition) is 6. The highest BCUT2D eigenvalue weighted by molar-refractivity contribution is 5.87. The SMILES string of the molecule is CN(C)[C@H]1C[C@@]23CC[C@@]4(O2)C(=CC[C@]2(C)C(c5ccc6cc(O)ncc6c5)=CCC24)C=C3[C@@H](O)[C@@H]1O. The number of benzene rings is 1. The topological polar surface area (TPSA) is 86.1 Å². The van der Waals surface area contributed by atoms with Crippen LogP contribution in [0.1, 0.15) is 44.6 Å². The van der Waals surface area contributed by atoms with Gasteiger partial charge in [-0.15, -0.1) is 0 Å². The van der Waals surface area contributed by atoms with Gasteiger partial charge in [0, 0.05) is 35.0 Å². The number of nitrogens with zero attached hydrogens (tertiary/aromatic N) is 2.